The molecule has 25 heavy (non-hydrogen) atoms. The van der Waals surface area contributed by atoms with Crippen LogP contribution in [0.15, 0.2) is 30.3 Å². The number of carbonyl (C=O) groups excluding carboxylic acids is 2. The predicted molar refractivity (Wildman–Crippen MR) is 96.2 cm³/mol. The van der Waals surface area contributed by atoms with Crippen LogP contribution in [0.5, 0.6) is 0 Å². The molecule has 5 heteroatoms. The second-order valence-electron chi connectivity index (χ2n) is 7.00. The van der Waals surface area contributed by atoms with Crippen LogP contribution in [0, 0.1) is 5.92 Å². The standard InChI is InChI=1S/C20H28N2O3/c1-2-25-20(24)21-12-6-10-17(15-21)19(23)22-13-7-11-18(22)14-16-8-4-3-5-9-16/h3-5,8-9,17-18H,2,6-7,10-15H2,1H3. The summed E-state index contributed by atoms with van der Waals surface area (Å²) in [4.78, 5) is 28.8. The zero-order chi connectivity index (χ0) is 17.6. The summed E-state index contributed by atoms with van der Waals surface area (Å²) in [5.74, 6) is 0.127. The van der Waals surface area contributed by atoms with Gasteiger partial charge in [-0.25, -0.2) is 4.79 Å². The molecule has 2 amide bonds. The molecule has 1 aromatic rings. The van der Waals surface area contributed by atoms with Crippen molar-refractivity contribution in [2.45, 2.75) is 45.1 Å². The fourth-order valence-electron chi connectivity index (χ4n) is 4.02. The summed E-state index contributed by atoms with van der Waals surface area (Å²) in [5, 5.41) is 0. The lowest BCUT2D eigenvalue weighted by molar-refractivity contribution is -0.137. The Morgan fingerprint density at radius 3 is 2.64 bits per heavy atom. The van der Waals surface area contributed by atoms with Crippen molar-refractivity contribution >= 4 is 12.0 Å². The van der Waals surface area contributed by atoms with Gasteiger partial charge in [0.15, 0.2) is 0 Å². The van der Waals surface area contributed by atoms with Crippen LogP contribution < -0.4 is 0 Å². The van der Waals surface area contributed by atoms with Crippen LogP contribution in [0.2, 0.25) is 0 Å². The van der Waals surface area contributed by atoms with Gasteiger partial charge in [0.05, 0.1) is 12.5 Å². The van der Waals surface area contributed by atoms with E-state index in [1.807, 2.05) is 13.0 Å². The fourth-order valence-corrected chi connectivity index (χ4v) is 4.02. The van der Waals surface area contributed by atoms with Crippen LogP contribution >= 0.6 is 0 Å². The Labute approximate surface area is 149 Å². The normalized spacial score (nSPS) is 23.6. The maximum absolute atomic E-state index is 13.1. The number of rotatable bonds is 4. The van der Waals surface area contributed by atoms with Gasteiger partial charge in [-0.05, 0) is 44.6 Å². The first kappa shape index (κ1) is 17.8. The molecule has 0 N–H and O–H groups in total. The van der Waals surface area contributed by atoms with Crippen molar-refractivity contribution in [3.05, 3.63) is 35.9 Å². The molecule has 2 aliphatic rings. The van der Waals surface area contributed by atoms with E-state index in [4.69, 9.17) is 4.74 Å². The molecule has 0 bridgehead atoms. The van der Waals surface area contributed by atoms with Crippen molar-refractivity contribution in [1.82, 2.24) is 9.80 Å². The van der Waals surface area contributed by atoms with Crippen molar-refractivity contribution in [3.8, 4) is 0 Å². The van der Waals surface area contributed by atoms with E-state index in [2.05, 4.69) is 29.2 Å². The van der Waals surface area contributed by atoms with Crippen molar-refractivity contribution in [2.24, 2.45) is 5.92 Å². The third-order valence-electron chi connectivity index (χ3n) is 5.27. The van der Waals surface area contributed by atoms with Crippen LogP contribution in [0.25, 0.3) is 0 Å². The Morgan fingerprint density at radius 1 is 1.12 bits per heavy atom. The van der Waals surface area contributed by atoms with Gasteiger partial charge in [0.25, 0.3) is 0 Å². The number of amides is 2. The van der Waals surface area contributed by atoms with Crippen molar-refractivity contribution in [3.63, 3.8) is 0 Å². The summed E-state index contributed by atoms with van der Waals surface area (Å²) in [6.07, 6.45) is 4.49. The number of hydrogen-bond acceptors (Lipinski definition) is 3. The van der Waals surface area contributed by atoms with Gasteiger partial charge in [0.1, 0.15) is 0 Å². The Morgan fingerprint density at radius 2 is 1.88 bits per heavy atom. The van der Waals surface area contributed by atoms with E-state index in [1.165, 1.54) is 5.56 Å². The van der Waals surface area contributed by atoms with Gasteiger partial charge in [0, 0.05) is 25.7 Å². The molecular weight excluding hydrogens is 316 g/mol. The van der Waals surface area contributed by atoms with Crippen LogP contribution in [-0.2, 0) is 16.0 Å². The minimum atomic E-state index is -0.290. The quantitative estimate of drug-likeness (QED) is 0.843. The molecule has 5 nitrogen and oxygen atoms in total. The highest BCUT2D eigenvalue weighted by atomic mass is 16.6. The molecule has 3 rings (SSSR count). The first-order valence-electron chi connectivity index (χ1n) is 9.45. The molecule has 2 heterocycles. The smallest absolute Gasteiger partial charge is 0.409 e. The first-order valence-corrected chi connectivity index (χ1v) is 9.45. The van der Waals surface area contributed by atoms with Gasteiger partial charge in [0.2, 0.25) is 5.91 Å². The average Bonchev–Trinajstić information content (AvgIpc) is 3.10. The van der Waals surface area contributed by atoms with Gasteiger partial charge in [-0.1, -0.05) is 30.3 Å². The number of carbonyl (C=O) groups is 2. The van der Waals surface area contributed by atoms with Crippen LogP contribution in [0.4, 0.5) is 4.79 Å². The number of likely N-dealkylation sites (tertiary alicyclic amines) is 2. The summed E-state index contributed by atoms with van der Waals surface area (Å²) in [7, 11) is 0. The van der Waals surface area contributed by atoms with Gasteiger partial charge in [-0.15, -0.1) is 0 Å². The minimum absolute atomic E-state index is 0.0884. The van der Waals surface area contributed by atoms with Gasteiger partial charge in [-0.3, -0.25) is 4.79 Å². The first-order chi connectivity index (χ1) is 12.2. The number of ether oxygens (including phenoxy) is 1. The molecule has 0 radical (unpaired) electrons. The highest BCUT2D eigenvalue weighted by Crippen LogP contribution is 2.26. The molecule has 2 aliphatic heterocycles. The molecule has 0 saturated carbocycles. The third kappa shape index (κ3) is 4.33. The molecule has 2 atom stereocenters. The fraction of sp³-hybridized carbons (Fsp3) is 0.600. The van der Waals surface area contributed by atoms with Gasteiger partial charge >= 0.3 is 6.09 Å². The largest absolute Gasteiger partial charge is 0.450 e. The Kier molecular flexibility index (Phi) is 5.95. The molecule has 0 spiro atoms. The number of hydrogen-bond donors (Lipinski definition) is 0. The van der Waals surface area contributed by atoms with Crippen LogP contribution in [0.1, 0.15) is 38.2 Å². The van der Waals surface area contributed by atoms with Crippen molar-refractivity contribution in [2.75, 3.05) is 26.2 Å². The molecule has 0 aromatic heterocycles. The average molecular weight is 344 g/mol. The maximum Gasteiger partial charge on any atom is 0.409 e. The lowest BCUT2D eigenvalue weighted by atomic mass is 9.95. The molecule has 136 valence electrons. The second-order valence-corrected chi connectivity index (χ2v) is 7.00. The molecular formula is C20H28N2O3. The maximum atomic E-state index is 13.1. The molecule has 1 aromatic carbocycles. The SMILES string of the molecule is CCOC(=O)N1CCCC(C(=O)N2CCCC2Cc2ccccc2)C1. The van der Waals surface area contributed by atoms with Gasteiger partial charge in [-0.2, -0.15) is 0 Å². The summed E-state index contributed by atoms with van der Waals surface area (Å²) in [6.45, 7) is 4.20. The zero-order valence-electron chi connectivity index (χ0n) is 15.0. The lowest BCUT2D eigenvalue weighted by Gasteiger charge is -2.35. The number of piperidine rings is 1. The topological polar surface area (TPSA) is 49.9 Å². The van der Waals surface area contributed by atoms with E-state index in [9.17, 15) is 9.59 Å². The zero-order valence-corrected chi connectivity index (χ0v) is 15.0. The summed E-state index contributed by atoms with van der Waals surface area (Å²) in [6, 6.07) is 10.7. The van der Waals surface area contributed by atoms with Crippen molar-refractivity contribution in [1.29, 1.82) is 0 Å². The van der Waals surface area contributed by atoms with E-state index >= 15 is 0 Å². The summed E-state index contributed by atoms with van der Waals surface area (Å²) in [5.41, 5.74) is 1.28. The van der Waals surface area contributed by atoms with E-state index in [0.717, 1.165) is 38.6 Å². The minimum Gasteiger partial charge on any atom is -0.450 e. The molecule has 0 aliphatic carbocycles. The second kappa shape index (κ2) is 8.37. The Balaban J connectivity index is 1.61. The van der Waals surface area contributed by atoms with Crippen LogP contribution in [0.3, 0.4) is 0 Å². The predicted octanol–water partition coefficient (Wildman–Crippen LogP) is 3.09. The molecule has 2 fully saturated rings. The molecule has 2 unspecified atom stereocenters. The summed E-state index contributed by atoms with van der Waals surface area (Å²) >= 11 is 0. The number of benzene rings is 1. The monoisotopic (exact) mass is 344 g/mol. The van der Waals surface area contributed by atoms with E-state index in [0.29, 0.717) is 19.7 Å². The number of nitrogens with zero attached hydrogens (tertiary/aromatic N) is 2. The lowest BCUT2D eigenvalue weighted by Crippen LogP contribution is -2.48. The Hall–Kier alpha value is -2.04. The summed E-state index contributed by atoms with van der Waals surface area (Å²) < 4.78 is 5.10. The van der Waals surface area contributed by atoms with Crippen molar-refractivity contribution < 1.29 is 14.3 Å². The van der Waals surface area contributed by atoms with E-state index < -0.39 is 0 Å². The van der Waals surface area contributed by atoms with Gasteiger partial charge < -0.3 is 14.5 Å². The Bertz CT molecular complexity index is 590. The highest BCUT2D eigenvalue weighted by molar-refractivity contribution is 5.80. The van der Waals surface area contributed by atoms with Crippen LogP contribution in [-0.4, -0.2) is 54.1 Å². The van der Waals surface area contributed by atoms with E-state index in [1.54, 1.807) is 4.90 Å². The highest BCUT2D eigenvalue weighted by Gasteiger charge is 2.36. The third-order valence-corrected chi connectivity index (χ3v) is 5.27. The van der Waals surface area contributed by atoms with E-state index in [-0.39, 0.29) is 24.0 Å². The molecule has 2 saturated heterocycles.